The van der Waals surface area contributed by atoms with Crippen LogP contribution in [-0.2, 0) is 9.59 Å². The molecule has 1 unspecified atom stereocenters. The van der Waals surface area contributed by atoms with Gasteiger partial charge in [0.15, 0.2) is 0 Å². The van der Waals surface area contributed by atoms with Gasteiger partial charge < -0.3 is 5.32 Å². The molecule has 22 heavy (non-hydrogen) atoms. The molecule has 2 rings (SSSR count). The molecule has 0 saturated carbocycles. The highest BCUT2D eigenvalue weighted by Gasteiger charge is 2.21. The highest BCUT2D eigenvalue weighted by atomic mass is 32.2. The Hall–Kier alpha value is -2.31. The monoisotopic (exact) mass is 316 g/mol. The van der Waals surface area contributed by atoms with Crippen molar-refractivity contribution in [2.24, 2.45) is 0 Å². The number of hydrogen-bond donors (Lipinski definition) is 3. The molecule has 6 heteroatoms. The van der Waals surface area contributed by atoms with E-state index in [1.165, 1.54) is 18.7 Å². The maximum absolute atomic E-state index is 11.9. The summed E-state index contributed by atoms with van der Waals surface area (Å²) in [4.78, 5) is 23.7. The zero-order valence-electron chi connectivity index (χ0n) is 11.9. The van der Waals surface area contributed by atoms with Crippen molar-refractivity contribution in [3.8, 4) is 0 Å². The highest BCUT2D eigenvalue weighted by Crippen LogP contribution is 2.35. The minimum atomic E-state index is -0.558. The summed E-state index contributed by atoms with van der Waals surface area (Å²) < 4.78 is 0. The van der Waals surface area contributed by atoms with Gasteiger partial charge in [0.2, 0.25) is 5.91 Å². The summed E-state index contributed by atoms with van der Waals surface area (Å²) in [6, 6.07) is 16.4. The summed E-state index contributed by atoms with van der Waals surface area (Å²) in [6.07, 6.45) is 0. The van der Waals surface area contributed by atoms with Gasteiger partial charge in [-0.25, -0.2) is 5.48 Å². The van der Waals surface area contributed by atoms with Crippen LogP contribution in [0.2, 0.25) is 0 Å². The minimum Gasteiger partial charge on any atom is -0.326 e. The van der Waals surface area contributed by atoms with Crippen molar-refractivity contribution < 1.29 is 14.8 Å². The van der Waals surface area contributed by atoms with E-state index in [0.717, 1.165) is 10.5 Å². The van der Waals surface area contributed by atoms with E-state index in [0.29, 0.717) is 5.69 Å². The number of carbonyl (C=O) groups excluding carboxylic acids is 2. The van der Waals surface area contributed by atoms with E-state index < -0.39 is 11.2 Å². The second-order valence-corrected chi connectivity index (χ2v) is 5.77. The van der Waals surface area contributed by atoms with Crippen LogP contribution in [-0.4, -0.2) is 17.0 Å². The average molecular weight is 316 g/mol. The first kappa shape index (κ1) is 16.1. The van der Waals surface area contributed by atoms with Gasteiger partial charge in [-0.2, -0.15) is 0 Å². The van der Waals surface area contributed by atoms with Crippen molar-refractivity contribution >= 4 is 29.3 Å². The van der Waals surface area contributed by atoms with Gasteiger partial charge in [0, 0.05) is 17.5 Å². The Morgan fingerprint density at radius 2 is 1.68 bits per heavy atom. The Morgan fingerprint density at radius 1 is 1.05 bits per heavy atom. The second-order valence-electron chi connectivity index (χ2n) is 4.59. The normalized spacial score (nSPS) is 11.5. The van der Waals surface area contributed by atoms with Crippen molar-refractivity contribution in [2.75, 3.05) is 5.32 Å². The van der Waals surface area contributed by atoms with Crippen LogP contribution in [0.4, 0.5) is 5.69 Å². The van der Waals surface area contributed by atoms with Gasteiger partial charge in [0.05, 0.1) is 0 Å². The lowest BCUT2D eigenvalue weighted by Gasteiger charge is -2.15. The van der Waals surface area contributed by atoms with Crippen molar-refractivity contribution in [1.29, 1.82) is 0 Å². The van der Waals surface area contributed by atoms with Crippen LogP contribution in [0.3, 0.4) is 0 Å². The number of benzene rings is 2. The molecule has 0 radical (unpaired) electrons. The van der Waals surface area contributed by atoms with Gasteiger partial charge in [-0.05, 0) is 29.8 Å². The molecule has 0 aliphatic rings. The smallest absolute Gasteiger partial charge is 0.261 e. The topological polar surface area (TPSA) is 78.4 Å². The molecule has 114 valence electrons. The summed E-state index contributed by atoms with van der Waals surface area (Å²) in [5.41, 5.74) is 3.19. The van der Waals surface area contributed by atoms with Crippen molar-refractivity contribution in [2.45, 2.75) is 17.1 Å². The summed E-state index contributed by atoms with van der Waals surface area (Å²) in [7, 11) is 0. The van der Waals surface area contributed by atoms with Gasteiger partial charge in [-0.3, -0.25) is 14.8 Å². The standard InChI is InChI=1S/C16H16N2O3S/c1-11(19)17-13-7-9-14(10-8-13)22-15(16(20)18-21)12-5-3-2-4-6-12/h2-10,15,21H,1H3,(H,17,19)(H,18,20). The number of anilines is 1. The molecular weight excluding hydrogens is 300 g/mol. The Kier molecular flexibility index (Phi) is 5.57. The number of hydroxylamine groups is 1. The van der Waals surface area contributed by atoms with E-state index in [-0.39, 0.29) is 5.91 Å². The summed E-state index contributed by atoms with van der Waals surface area (Å²) in [5.74, 6) is -0.621. The summed E-state index contributed by atoms with van der Waals surface area (Å²) in [6.45, 7) is 1.44. The molecule has 0 aromatic heterocycles. The van der Waals surface area contributed by atoms with Crippen LogP contribution in [0.1, 0.15) is 17.7 Å². The first-order chi connectivity index (χ1) is 10.6. The predicted molar refractivity (Wildman–Crippen MR) is 85.7 cm³/mol. The van der Waals surface area contributed by atoms with Crippen molar-refractivity contribution in [1.82, 2.24) is 5.48 Å². The predicted octanol–water partition coefficient (Wildman–Crippen LogP) is 2.98. The lowest BCUT2D eigenvalue weighted by atomic mass is 10.1. The molecule has 5 nitrogen and oxygen atoms in total. The Labute approximate surface area is 132 Å². The maximum atomic E-state index is 11.9. The SMILES string of the molecule is CC(=O)Nc1ccc(SC(C(=O)NO)c2ccccc2)cc1. The van der Waals surface area contributed by atoms with Crippen LogP contribution in [0, 0.1) is 0 Å². The average Bonchev–Trinajstić information content (AvgIpc) is 2.53. The minimum absolute atomic E-state index is 0.137. The first-order valence-electron chi connectivity index (χ1n) is 6.63. The zero-order valence-corrected chi connectivity index (χ0v) is 12.8. The number of nitrogens with one attached hydrogen (secondary N) is 2. The van der Waals surface area contributed by atoms with Gasteiger partial charge in [-0.1, -0.05) is 30.3 Å². The Bertz CT molecular complexity index is 644. The Morgan fingerprint density at radius 3 is 2.23 bits per heavy atom. The molecule has 0 spiro atoms. The zero-order chi connectivity index (χ0) is 15.9. The molecule has 0 fully saturated rings. The van der Waals surface area contributed by atoms with Crippen molar-refractivity contribution in [3.05, 3.63) is 60.2 Å². The number of hydrogen-bond acceptors (Lipinski definition) is 4. The van der Waals surface area contributed by atoms with E-state index in [9.17, 15) is 9.59 Å². The summed E-state index contributed by atoms with van der Waals surface area (Å²) in [5, 5.41) is 11.1. The molecular formula is C16H16N2O3S. The van der Waals surface area contributed by atoms with E-state index in [1.807, 2.05) is 42.5 Å². The van der Waals surface area contributed by atoms with E-state index in [1.54, 1.807) is 17.6 Å². The van der Waals surface area contributed by atoms with Gasteiger partial charge in [0.25, 0.3) is 5.91 Å². The van der Waals surface area contributed by atoms with Gasteiger partial charge in [0.1, 0.15) is 5.25 Å². The molecule has 2 aromatic carbocycles. The molecule has 0 heterocycles. The van der Waals surface area contributed by atoms with Gasteiger partial charge >= 0.3 is 0 Å². The van der Waals surface area contributed by atoms with E-state index in [4.69, 9.17) is 5.21 Å². The van der Waals surface area contributed by atoms with Crippen LogP contribution in [0.5, 0.6) is 0 Å². The molecule has 0 aliphatic carbocycles. The maximum Gasteiger partial charge on any atom is 0.261 e. The van der Waals surface area contributed by atoms with E-state index in [2.05, 4.69) is 5.32 Å². The lowest BCUT2D eigenvalue weighted by Crippen LogP contribution is -2.24. The third-order valence-electron chi connectivity index (χ3n) is 2.88. The second kappa shape index (κ2) is 7.63. The largest absolute Gasteiger partial charge is 0.326 e. The summed E-state index contributed by atoms with van der Waals surface area (Å²) >= 11 is 1.32. The lowest BCUT2D eigenvalue weighted by molar-refractivity contribution is -0.128. The quantitative estimate of drug-likeness (QED) is 0.450. The fraction of sp³-hybridized carbons (Fsp3) is 0.125. The van der Waals surface area contributed by atoms with Crippen LogP contribution in [0.25, 0.3) is 0 Å². The molecule has 1 atom stereocenters. The molecule has 0 saturated heterocycles. The third kappa shape index (κ3) is 4.34. The highest BCUT2D eigenvalue weighted by molar-refractivity contribution is 8.00. The Balaban J connectivity index is 2.17. The van der Waals surface area contributed by atoms with Crippen LogP contribution >= 0.6 is 11.8 Å². The number of amides is 2. The van der Waals surface area contributed by atoms with E-state index >= 15 is 0 Å². The molecule has 2 aromatic rings. The van der Waals surface area contributed by atoms with Crippen LogP contribution in [0.15, 0.2) is 59.5 Å². The first-order valence-corrected chi connectivity index (χ1v) is 7.51. The molecule has 2 amide bonds. The number of thioether (sulfide) groups is 1. The molecule has 0 aliphatic heterocycles. The van der Waals surface area contributed by atoms with Crippen molar-refractivity contribution in [3.63, 3.8) is 0 Å². The molecule has 0 bridgehead atoms. The third-order valence-corrected chi connectivity index (χ3v) is 4.15. The number of carbonyl (C=O) groups is 2. The fourth-order valence-electron chi connectivity index (χ4n) is 1.92. The molecule has 3 N–H and O–H groups in total. The fourth-order valence-corrected chi connectivity index (χ4v) is 2.93. The van der Waals surface area contributed by atoms with Crippen LogP contribution < -0.4 is 10.8 Å². The number of rotatable bonds is 5. The van der Waals surface area contributed by atoms with Gasteiger partial charge in [-0.15, -0.1) is 11.8 Å².